The Morgan fingerprint density at radius 3 is 2.94 bits per heavy atom. The molecular formula is C13H16BrN3. The lowest BCUT2D eigenvalue weighted by molar-refractivity contribution is 0.790. The second-order valence-corrected chi connectivity index (χ2v) is 4.75. The van der Waals surface area contributed by atoms with Gasteiger partial charge in [0.2, 0.25) is 5.95 Å². The number of nitrogens with one attached hydrogen (secondary N) is 1. The second-order valence-electron chi connectivity index (χ2n) is 3.90. The van der Waals surface area contributed by atoms with Crippen LogP contribution in [0.25, 0.3) is 0 Å². The van der Waals surface area contributed by atoms with E-state index in [1.165, 1.54) is 5.56 Å². The molecule has 1 heterocycles. The molecule has 90 valence electrons. The summed E-state index contributed by atoms with van der Waals surface area (Å²) in [4.78, 5) is 4.32. The molecule has 17 heavy (non-hydrogen) atoms. The first kappa shape index (κ1) is 12.2. The first-order chi connectivity index (χ1) is 8.31. The molecule has 1 N–H and O–H groups in total. The van der Waals surface area contributed by atoms with Gasteiger partial charge in [-0.25, -0.2) is 4.98 Å². The van der Waals surface area contributed by atoms with Crippen molar-refractivity contribution in [1.29, 1.82) is 0 Å². The third-order valence-electron chi connectivity index (χ3n) is 2.55. The van der Waals surface area contributed by atoms with Gasteiger partial charge in [0.05, 0.1) is 6.54 Å². The fourth-order valence-electron chi connectivity index (χ4n) is 1.65. The molecule has 0 aliphatic carbocycles. The van der Waals surface area contributed by atoms with Gasteiger partial charge in [0, 0.05) is 23.4 Å². The lowest BCUT2D eigenvalue weighted by atomic mass is 10.2. The second kappa shape index (κ2) is 5.87. The number of hydrogen-bond donors (Lipinski definition) is 1. The molecule has 4 heteroatoms. The first-order valence-electron chi connectivity index (χ1n) is 5.79. The van der Waals surface area contributed by atoms with Crippen LogP contribution in [0.15, 0.2) is 41.1 Å². The molecule has 0 atom stereocenters. The molecule has 0 amide bonds. The number of imidazole rings is 1. The summed E-state index contributed by atoms with van der Waals surface area (Å²) in [5.41, 5.74) is 1.25. The quantitative estimate of drug-likeness (QED) is 0.914. The molecular weight excluding hydrogens is 278 g/mol. The number of hydrogen-bond acceptors (Lipinski definition) is 2. The van der Waals surface area contributed by atoms with E-state index in [4.69, 9.17) is 0 Å². The number of nitrogens with zero attached hydrogens (tertiary/aromatic N) is 2. The zero-order valence-corrected chi connectivity index (χ0v) is 11.4. The molecule has 0 saturated carbocycles. The van der Waals surface area contributed by atoms with E-state index < -0.39 is 0 Å². The molecule has 1 aromatic carbocycles. The maximum atomic E-state index is 4.32. The Balaban J connectivity index is 2.13. The van der Waals surface area contributed by atoms with E-state index in [0.717, 1.165) is 29.9 Å². The average molecular weight is 294 g/mol. The number of aromatic nitrogens is 2. The van der Waals surface area contributed by atoms with Crippen LogP contribution in [0.1, 0.15) is 18.9 Å². The van der Waals surface area contributed by atoms with Crippen molar-refractivity contribution in [2.75, 3.05) is 11.9 Å². The van der Waals surface area contributed by atoms with Gasteiger partial charge in [-0.3, -0.25) is 0 Å². The van der Waals surface area contributed by atoms with Crippen molar-refractivity contribution >= 4 is 21.9 Å². The highest BCUT2D eigenvalue weighted by atomic mass is 79.9. The van der Waals surface area contributed by atoms with Gasteiger partial charge in [0.1, 0.15) is 0 Å². The lowest BCUT2D eigenvalue weighted by Crippen LogP contribution is -2.08. The van der Waals surface area contributed by atoms with Gasteiger partial charge in [0.25, 0.3) is 0 Å². The molecule has 3 nitrogen and oxygen atoms in total. The van der Waals surface area contributed by atoms with Crippen molar-refractivity contribution in [2.45, 2.75) is 19.9 Å². The van der Waals surface area contributed by atoms with Gasteiger partial charge >= 0.3 is 0 Å². The zero-order chi connectivity index (χ0) is 12.1. The SMILES string of the molecule is CCCNc1nccn1Cc1ccccc1Br. The molecule has 0 aliphatic heterocycles. The molecule has 0 spiro atoms. The van der Waals surface area contributed by atoms with E-state index in [-0.39, 0.29) is 0 Å². The Morgan fingerprint density at radius 2 is 2.18 bits per heavy atom. The molecule has 0 fully saturated rings. The highest BCUT2D eigenvalue weighted by Gasteiger charge is 2.04. The van der Waals surface area contributed by atoms with Gasteiger partial charge in [-0.2, -0.15) is 0 Å². The Bertz CT molecular complexity index is 479. The number of benzene rings is 1. The van der Waals surface area contributed by atoms with Crippen molar-refractivity contribution in [2.24, 2.45) is 0 Å². The third-order valence-corrected chi connectivity index (χ3v) is 3.32. The topological polar surface area (TPSA) is 29.9 Å². The number of anilines is 1. The van der Waals surface area contributed by atoms with E-state index in [9.17, 15) is 0 Å². The Labute approximate surface area is 110 Å². The molecule has 0 bridgehead atoms. The third kappa shape index (κ3) is 3.09. The number of halogens is 1. The van der Waals surface area contributed by atoms with Crippen LogP contribution in [-0.2, 0) is 6.54 Å². The molecule has 2 aromatic rings. The van der Waals surface area contributed by atoms with Crippen LogP contribution in [0.4, 0.5) is 5.95 Å². The van der Waals surface area contributed by atoms with Crippen LogP contribution in [0.5, 0.6) is 0 Å². The fourth-order valence-corrected chi connectivity index (χ4v) is 2.06. The normalized spacial score (nSPS) is 10.5. The van der Waals surface area contributed by atoms with Gasteiger partial charge in [-0.05, 0) is 18.1 Å². The standard InChI is InChI=1S/C13H16BrN3/c1-2-7-15-13-16-8-9-17(13)10-11-5-3-4-6-12(11)14/h3-6,8-9H,2,7,10H2,1H3,(H,15,16). The highest BCUT2D eigenvalue weighted by molar-refractivity contribution is 9.10. The number of rotatable bonds is 5. The van der Waals surface area contributed by atoms with E-state index in [0.29, 0.717) is 0 Å². The predicted octanol–water partition coefficient (Wildman–Crippen LogP) is 3.52. The first-order valence-corrected chi connectivity index (χ1v) is 6.59. The molecule has 0 radical (unpaired) electrons. The summed E-state index contributed by atoms with van der Waals surface area (Å²) < 4.78 is 3.26. The van der Waals surface area contributed by atoms with Crippen molar-refractivity contribution in [3.8, 4) is 0 Å². The smallest absolute Gasteiger partial charge is 0.203 e. The van der Waals surface area contributed by atoms with Crippen LogP contribution < -0.4 is 5.32 Å². The van der Waals surface area contributed by atoms with Crippen molar-refractivity contribution in [1.82, 2.24) is 9.55 Å². The lowest BCUT2D eigenvalue weighted by Gasteiger charge is -2.10. The van der Waals surface area contributed by atoms with Crippen LogP contribution >= 0.6 is 15.9 Å². The summed E-state index contributed by atoms with van der Waals surface area (Å²) in [6.45, 7) is 3.93. The van der Waals surface area contributed by atoms with Crippen molar-refractivity contribution < 1.29 is 0 Å². The average Bonchev–Trinajstić information content (AvgIpc) is 2.77. The van der Waals surface area contributed by atoms with Gasteiger partial charge in [-0.1, -0.05) is 41.1 Å². The summed E-state index contributed by atoms with van der Waals surface area (Å²) in [7, 11) is 0. The van der Waals surface area contributed by atoms with Gasteiger partial charge < -0.3 is 9.88 Å². The zero-order valence-electron chi connectivity index (χ0n) is 9.86. The van der Waals surface area contributed by atoms with Crippen LogP contribution in [0.2, 0.25) is 0 Å². The van der Waals surface area contributed by atoms with Crippen LogP contribution in [0.3, 0.4) is 0 Å². The van der Waals surface area contributed by atoms with Crippen molar-refractivity contribution in [3.05, 3.63) is 46.7 Å². The highest BCUT2D eigenvalue weighted by Crippen LogP contribution is 2.18. The monoisotopic (exact) mass is 293 g/mol. The minimum Gasteiger partial charge on any atom is -0.356 e. The van der Waals surface area contributed by atoms with Crippen LogP contribution in [-0.4, -0.2) is 16.1 Å². The maximum absolute atomic E-state index is 4.32. The Kier molecular flexibility index (Phi) is 4.20. The van der Waals surface area contributed by atoms with Gasteiger partial charge in [-0.15, -0.1) is 0 Å². The van der Waals surface area contributed by atoms with E-state index >= 15 is 0 Å². The summed E-state index contributed by atoms with van der Waals surface area (Å²) in [6, 6.07) is 8.26. The maximum Gasteiger partial charge on any atom is 0.203 e. The summed E-state index contributed by atoms with van der Waals surface area (Å²) >= 11 is 3.57. The Hall–Kier alpha value is -1.29. The molecule has 0 aliphatic rings. The molecule has 0 unspecified atom stereocenters. The molecule has 0 saturated heterocycles. The summed E-state index contributed by atoms with van der Waals surface area (Å²) in [5, 5.41) is 3.32. The summed E-state index contributed by atoms with van der Waals surface area (Å²) in [5.74, 6) is 0.933. The molecule has 1 aromatic heterocycles. The van der Waals surface area contributed by atoms with E-state index in [1.807, 2.05) is 18.5 Å². The van der Waals surface area contributed by atoms with Crippen LogP contribution in [0, 0.1) is 0 Å². The van der Waals surface area contributed by atoms with E-state index in [1.54, 1.807) is 0 Å². The van der Waals surface area contributed by atoms with Crippen molar-refractivity contribution in [3.63, 3.8) is 0 Å². The Morgan fingerprint density at radius 1 is 1.35 bits per heavy atom. The fraction of sp³-hybridized carbons (Fsp3) is 0.308. The summed E-state index contributed by atoms with van der Waals surface area (Å²) in [6.07, 6.45) is 4.92. The largest absolute Gasteiger partial charge is 0.356 e. The molecule has 2 rings (SSSR count). The van der Waals surface area contributed by atoms with E-state index in [2.05, 4.69) is 55.9 Å². The minimum absolute atomic E-state index is 0.827. The van der Waals surface area contributed by atoms with Gasteiger partial charge in [0.15, 0.2) is 0 Å². The minimum atomic E-state index is 0.827. The predicted molar refractivity (Wildman–Crippen MR) is 74.3 cm³/mol.